The lowest BCUT2D eigenvalue weighted by Gasteiger charge is -2.12. The highest BCUT2D eigenvalue weighted by Gasteiger charge is 2.15. The molecule has 0 saturated carbocycles. The largest absolute Gasteiger partial charge is 0.497 e. The first-order valence-corrected chi connectivity index (χ1v) is 8.81. The van der Waals surface area contributed by atoms with Crippen LogP contribution in [0.4, 0.5) is 4.39 Å². The Hall–Kier alpha value is -3.60. The van der Waals surface area contributed by atoms with Crippen LogP contribution < -0.4 is 4.74 Å². The minimum atomic E-state index is -1.27. The van der Waals surface area contributed by atoms with Gasteiger partial charge in [-0.2, -0.15) is 0 Å². The van der Waals surface area contributed by atoms with E-state index in [9.17, 15) is 14.3 Å². The van der Waals surface area contributed by atoms with Gasteiger partial charge in [0.25, 0.3) is 0 Å². The third-order valence-corrected chi connectivity index (χ3v) is 4.78. The van der Waals surface area contributed by atoms with Gasteiger partial charge in [0.1, 0.15) is 11.6 Å². The quantitative estimate of drug-likeness (QED) is 0.521. The summed E-state index contributed by atoms with van der Waals surface area (Å²) in [6, 6.07) is 22.1. The first kappa shape index (κ1) is 17.8. The number of benzene rings is 3. The van der Waals surface area contributed by atoms with E-state index < -0.39 is 11.8 Å². The molecule has 0 aliphatic rings. The fraction of sp³-hybridized carbons (Fsp3) is 0.0870. The molecule has 0 bridgehead atoms. The molecule has 4 aromatic rings. The monoisotopic (exact) mass is 375 g/mol. The third-order valence-electron chi connectivity index (χ3n) is 4.78. The lowest BCUT2D eigenvalue weighted by molar-refractivity contribution is 0.0691. The summed E-state index contributed by atoms with van der Waals surface area (Å²) in [4.78, 5) is 11.3. The smallest absolute Gasteiger partial charge is 0.338 e. The minimum absolute atomic E-state index is 0.322. The molecule has 0 spiro atoms. The highest BCUT2D eigenvalue weighted by Crippen LogP contribution is 2.31. The van der Waals surface area contributed by atoms with Crippen molar-refractivity contribution in [1.29, 1.82) is 0 Å². The Morgan fingerprint density at radius 3 is 2.54 bits per heavy atom. The fourth-order valence-electron chi connectivity index (χ4n) is 3.41. The average Bonchev–Trinajstić information content (AvgIpc) is 3.07. The van der Waals surface area contributed by atoms with Crippen LogP contribution in [0.5, 0.6) is 5.75 Å². The summed E-state index contributed by atoms with van der Waals surface area (Å²) in [6.07, 6.45) is 0. The van der Waals surface area contributed by atoms with E-state index in [0.29, 0.717) is 12.1 Å². The van der Waals surface area contributed by atoms with Crippen molar-refractivity contribution in [2.45, 2.75) is 6.54 Å². The first-order valence-electron chi connectivity index (χ1n) is 8.81. The minimum Gasteiger partial charge on any atom is -0.497 e. The number of aromatic carboxylic acids is 1. The van der Waals surface area contributed by atoms with E-state index in [4.69, 9.17) is 4.74 Å². The van der Waals surface area contributed by atoms with Gasteiger partial charge in [-0.3, -0.25) is 0 Å². The molecule has 0 aliphatic carbocycles. The van der Waals surface area contributed by atoms with Crippen molar-refractivity contribution < 1.29 is 19.0 Å². The Balaban J connectivity index is 1.87. The van der Waals surface area contributed by atoms with Crippen molar-refractivity contribution in [3.05, 3.63) is 89.7 Å². The average molecular weight is 375 g/mol. The normalized spacial score (nSPS) is 10.9. The zero-order valence-corrected chi connectivity index (χ0v) is 15.2. The summed E-state index contributed by atoms with van der Waals surface area (Å²) in [5, 5.41) is 10.2. The maximum absolute atomic E-state index is 13.8. The van der Waals surface area contributed by atoms with Crippen molar-refractivity contribution in [2.24, 2.45) is 0 Å². The second-order valence-electron chi connectivity index (χ2n) is 6.53. The molecule has 1 heterocycles. The number of carboxylic acid groups (broad SMARTS) is 1. The van der Waals surface area contributed by atoms with Crippen LogP contribution >= 0.6 is 0 Å². The molecule has 4 rings (SSSR count). The van der Waals surface area contributed by atoms with Crippen molar-refractivity contribution in [3.8, 4) is 17.0 Å². The number of aromatic nitrogens is 1. The summed E-state index contributed by atoms with van der Waals surface area (Å²) in [5.41, 5.74) is 3.41. The van der Waals surface area contributed by atoms with Gasteiger partial charge in [0, 0.05) is 23.1 Å². The molecule has 1 N–H and O–H groups in total. The zero-order valence-electron chi connectivity index (χ0n) is 15.2. The Morgan fingerprint density at radius 1 is 1.04 bits per heavy atom. The molecule has 0 fully saturated rings. The Morgan fingerprint density at radius 2 is 1.82 bits per heavy atom. The van der Waals surface area contributed by atoms with Crippen molar-refractivity contribution in [2.75, 3.05) is 7.11 Å². The van der Waals surface area contributed by atoms with Gasteiger partial charge in [-0.25, -0.2) is 9.18 Å². The van der Waals surface area contributed by atoms with E-state index in [0.717, 1.165) is 27.9 Å². The molecule has 4 nitrogen and oxygen atoms in total. The highest BCUT2D eigenvalue weighted by atomic mass is 19.1. The third kappa shape index (κ3) is 3.22. The van der Waals surface area contributed by atoms with Crippen LogP contribution in [0.3, 0.4) is 0 Å². The molecule has 28 heavy (non-hydrogen) atoms. The molecular weight excluding hydrogens is 357 g/mol. The Labute approximate surface area is 161 Å². The lowest BCUT2D eigenvalue weighted by Crippen LogP contribution is -2.06. The van der Waals surface area contributed by atoms with E-state index >= 15 is 0 Å². The Kier molecular flexibility index (Phi) is 4.57. The predicted molar refractivity (Wildman–Crippen MR) is 106 cm³/mol. The van der Waals surface area contributed by atoms with Crippen LogP contribution in [0.2, 0.25) is 0 Å². The van der Waals surface area contributed by atoms with Crippen LogP contribution in [0.25, 0.3) is 22.2 Å². The zero-order chi connectivity index (χ0) is 19.7. The maximum atomic E-state index is 13.8. The van der Waals surface area contributed by atoms with Crippen LogP contribution in [0.1, 0.15) is 15.9 Å². The van der Waals surface area contributed by atoms with E-state index in [2.05, 4.69) is 10.6 Å². The van der Waals surface area contributed by atoms with Crippen molar-refractivity contribution >= 4 is 16.9 Å². The van der Waals surface area contributed by atoms with Gasteiger partial charge in [-0.05, 0) is 47.5 Å². The van der Waals surface area contributed by atoms with Crippen molar-refractivity contribution in [1.82, 2.24) is 4.57 Å². The predicted octanol–water partition coefficient (Wildman–Crippen LogP) is 5.20. The van der Waals surface area contributed by atoms with Gasteiger partial charge < -0.3 is 14.4 Å². The number of methoxy groups -OCH3 is 1. The van der Waals surface area contributed by atoms with E-state index in [1.807, 2.05) is 48.5 Å². The summed E-state index contributed by atoms with van der Waals surface area (Å²) in [6.45, 7) is 0.417. The topological polar surface area (TPSA) is 51.5 Å². The second kappa shape index (κ2) is 7.19. The SMILES string of the molecule is COc1ccc2c(c1)cc(-c1ccccc1)n2Cc1ccc(F)c(C(=O)O)c1. The number of carboxylic acids is 1. The molecule has 0 atom stereocenters. The van der Waals surface area contributed by atoms with Gasteiger partial charge in [0.15, 0.2) is 0 Å². The number of halogens is 1. The number of fused-ring (bicyclic) bond motifs is 1. The van der Waals surface area contributed by atoms with E-state index in [1.54, 1.807) is 13.2 Å². The van der Waals surface area contributed by atoms with Gasteiger partial charge in [-0.15, -0.1) is 0 Å². The number of hydrogen-bond acceptors (Lipinski definition) is 2. The van der Waals surface area contributed by atoms with Crippen molar-refractivity contribution in [3.63, 3.8) is 0 Å². The Bertz CT molecular complexity index is 1170. The fourth-order valence-corrected chi connectivity index (χ4v) is 3.41. The molecule has 3 aromatic carbocycles. The molecule has 1 aromatic heterocycles. The number of ether oxygens (including phenoxy) is 1. The molecule has 0 saturated heterocycles. The van der Waals surface area contributed by atoms with Gasteiger partial charge in [0.2, 0.25) is 0 Å². The molecule has 140 valence electrons. The molecule has 5 heteroatoms. The van der Waals surface area contributed by atoms with Crippen LogP contribution in [-0.4, -0.2) is 22.8 Å². The van der Waals surface area contributed by atoms with E-state index in [-0.39, 0.29) is 5.56 Å². The first-order chi connectivity index (χ1) is 13.6. The van der Waals surface area contributed by atoms with Gasteiger partial charge in [0.05, 0.1) is 12.7 Å². The molecular formula is C23H18FNO3. The number of carbonyl (C=O) groups is 1. The summed E-state index contributed by atoms with van der Waals surface area (Å²) < 4.78 is 21.2. The van der Waals surface area contributed by atoms with Gasteiger partial charge >= 0.3 is 5.97 Å². The molecule has 0 aliphatic heterocycles. The standard InChI is InChI=1S/C23H18FNO3/c1-28-18-8-10-21-17(12-18)13-22(16-5-3-2-4-6-16)25(21)14-15-7-9-20(24)19(11-15)23(26)27/h2-13H,14H2,1H3,(H,26,27). The maximum Gasteiger partial charge on any atom is 0.338 e. The molecule has 0 amide bonds. The number of rotatable bonds is 5. The second-order valence-corrected chi connectivity index (χ2v) is 6.53. The van der Waals surface area contributed by atoms with Gasteiger partial charge in [-0.1, -0.05) is 36.4 Å². The van der Waals surface area contributed by atoms with E-state index in [1.165, 1.54) is 12.1 Å². The molecule has 0 unspecified atom stereocenters. The molecule has 0 radical (unpaired) electrons. The number of hydrogen-bond donors (Lipinski definition) is 1. The van der Waals surface area contributed by atoms with Crippen LogP contribution in [0, 0.1) is 5.82 Å². The summed E-state index contributed by atoms with van der Waals surface area (Å²) in [7, 11) is 1.63. The summed E-state index contributed by atoms with van der Waals surface area (Å²) in [5.74, 6) is -1.24. The number of nitrogens with zero attached hydrogens (tertiary/aromatic N) is 1. The highest BCUT2D eigenvalue weighted by molar-refractivity contribution is 5.89. The van der Waals surface area contributed by atoms with Crippen LogP contribution in [-0.2, 0) is 6.54 Å². The van der Waals surface area contributed by atoms with Crippen LogP contribution in [0.15, 0.2) is 72.8 Å². The summed E-state index contributed by atoms with van der Waals surface area (Å²) >= 11 is 0. The lowest BCUT2D eigenvalue weighted by atomic mass is 10.1.